The summed E-state index contributed by atoms with van der Waals surface area (Å²) in [6.07, 6.45) is 2.27. The van der Waals surface area contributed by atoms with E-state index in [0.29, 0.717) is 11.8 Å². The van der Waals surface area contributed by atoms with Crippen molar-refractivity contribution in [3.63, 3.8) is 0 Å². The topological polar surface area (TPSA) is 65.4 Å². The van der Waals surface area contributed by atoms with E-state index in [1.807, 2.05) is 44.3 Å². The van der Waals surface area contributed by atoms with Gasteiger partial charge in [-0.3, -0.25) is 9.48 Å². The second-order valence-corrected chi connectivity index (χ2v) is 6.19. The molecule has 0 radical (unpaired) electrons. The Bertz CT molecular complexity index is 685. The van der Waals surface area contributed by atoms with Crippen molar-refractivity contribution in [1.82, 2.24) is 15.1 Å². The Morgan fingerprint density at radius 2 is 2.08 bits per heavy atom. The minimum absolute atomic E-state index is 0.0254. The van der Waals surface area contributed by atoms with E-state index in [4.69, 9.17) is 9.47 Å². The average molecular weight is 329 g/mol. The van der Waals surface area contributed by atoms with Crippen molar-refractivity contribution in [3.05, 3.63) is 41.6 Å². The fourth-order valence-corrected chi connectivity index (χ4v) is 2.67. The second-order valence-electron chi connectivity index (χ2n) is 6.19. The summed E-state index contributed by atoms with van der Waals surface area (Å²) in [5.74, 6) is 1.65. The van der Waals surface area contributed by atoms with Crippen molar-refractivity contribution in [1.29, 1.82) is 0 Å². The molecule has 1 aliphatic carbocycles. The summed E-state index contributed by atoms with van der Waals surface area (Å²) in [4.78, 5) is 12.3. The maximum Gasteiger partial charge on any atom is 0.258 e. The molecule has 1 aliphatic rings. The third-order valence-corrected chi connectivity index (χ3v) is 4.33. The number of aromatic nitrogens is 2. The predicted octanol–water partition coefficient (Wildman–Crippen LogP) is 2.38. The lowest BCUT2D eigenvalue weighted by molar-refractivity contribution is -0.124. The van der Waals surface area contributed by atoms with Crippen LogP contribution in [0.3, 0.4) is 0 Å². The molecule has 3 rings (SSSR count). The molecule has 1 saturated carbocycles. The molecule has 0 saturated heterocycles. The van der Waals surface area contributed by atoms with Crippen LogP contribution in [0.5, 0.6) is 11.6 Å². The lowest BCUT2D eigenvalue weighted by atomic mass is 10.0. The van der Waals surface area contributed by atoms with Crippen LogP contribution in [0.15, 0.2) is 30.3 Å². The number of carbonyl (C=O) groups is 1. The van der Waals surface area contributed by atoms with Gasteiger partial charge in [-0.25, -0.2) is 0 Å². The van der Waals surface area contributed by atoms with Gasteiger partial charge >= 0.3 is 0 Å². The molecule has 24 heavy (non-hydrogen) atoms. The Morgan fingerprint density at radius 3 is 2.62 bits per heavy atom. The van der Waals surface area contributed by atoms with Crippen molar-refractivity contribution < 1.29 is 14.3 Å². The molecule has 1 fully saturated rings. The molecule has 0 spiro atoms. The van der Waals surface area contributed by atoms with E-state index < -0.39 is 0 Å². The molecule has 0 bridgehead atoms. The third kappa shape index (κ3) is 3.88. The van der Waals surface area contributed by atoms with E-state index in [1.54, 1.807) is 11.8 Å². The second kappa shape index (κ2) is 6.95. The summed E-state index contributed by atoms with van der Waals surface area (Å²) in [6.45, 7) is 1.91. The molecular weight excluding hydrogens is 306 g/mol. The Kier molecular flexibility index (Phi) is 4.74. The standard InChI is InChI=1S/C18H23N3O3/c1-12-10-17(20-21(12)2)24-11-16(22)19-18(13-4-5-13)14-6-8-15(23-3)9-7-14/h6-10,13,18H,4-5,11H2,1-3H3,(H,19,22)/t18-/m1/s1. The van der Waals surface area contributed by atoms with Crippen LogP contribution >= 0.6 is 0 Å². The van der Waals surface area contributed by atoms with Gasteiger partial charge in [0.25, 0.3) is 5.91 Å². The first-order valence-corrected chi connectivity index (χ1v) is 8.13. The van der Waals surface area contributed by atoms with Crippen LogP contribution in [0, 0.1) is 12.8 Å². The van der Waals surface area contributed by atoms with Crippen LogP contribution in [-0.2, 0) is 11.8 Å². The molecule has 6 nitrogen and oxygen atoms in total. The van der Waals surface area contributed by atoms with Crippen LogP contribution in [0.4, 0.5) is 0 Å². The van der Waals surface area contributed by atoms with E-state index in [1.165, 1.54) is 0 Å². The molecule has 1 atom stereocenters. The number of nitrogens with zero attached hydrogens (tertiary/aromatic N) is 2. The number of hydrogen-bond acceptors (Lipinski definition) is 4. The van der Waals surface area contributed by atoms with Crippen molar-refractivity contribution in [2.45, 2.75) is 25.8 Å². The SMILES string of the molecule is COc1ccc([C@H](NC(=O)COc2cc(C)n(C)n2)C2CC2)cc1. The number of aryl methyl sites for hydroxylation is 2. The highest BCUT2D eigenvalue weighted by Crippen LogP contribution is 2.41. The number of carbonyl (C=O) groups excluding carboxylic acids is 1. The Morgan fingerprint density at radius 1 is 1.38 bits per heavy atom. The number of hydrogen-bond donors (Lipinski definition) is 1. The van der Waals surface area contributed by atoms with Crippen molar-refractivity contribution in [2.24, 2.45) is 13.0 Å². The first-order chi connectivity index (χ1) is 11.6. The van der Waals surface area contributed by atoms with Crippen molar-refractivity contribution in [3.8, 4) is 11.6 Å². The fraction of sp³-hybridized carbons (Fsp3) is 0.444. The van der Waals surface area contributed by atoms with Gasteiger partial charge in [0.15, 0.2) is 6.61 Å². The zero-order valence-corrected chi connectivity index (χ0v) is 14.3. The van der Waals surface area contributed by atoms with E-state index in [2.05, 4.69) is 10.4 Å². The van der Waals surface area contributed by atoms with Crippen LogP contribution in [0.1, 0.15) is 30.1 Å². The molecule has 1 amide bonds. The van der Waals surface area contributed by atoms with Gasteiger partial charge in [0.05, 0.1) is 13.2 Å². The Hall–Kier alpha value is -2.50. The van der Waals surface area contributed by atoms with Crippen LogP contribution in [0.25, 0.3) is 0 Å². The van der Waals surface area contributed by atoms with Crippen LogP contribution in [-0.4, -0.2) is 29.4 Å². The highest BCUT2D eigenvalue weighted by Gasteiger charge is 2.33. The molecule has 1 aromatic heterocycles. The largest absolute Gasteiger partial charge is 0.497 e. The molecule has 0 aliphatic heterocycles. The number of nitrogens with one attached hydrogen (secondary N) is 1. The van der Waals surface area contributed by atoms with Crippen molar-refractivity contribution in [2.75, 3.05) is 13.7 Å². The van der Waals surface area contributed by atoms with Crippen molar-refractivity contribution >= 4 is 5.91 Å². The third-order valence-electron chi connectivity index (χ3n) is 4.33. The Balaban J connectivity index is 1.59. The number of benzene rings is 1. The number of amides is 1. The zero-order valence-electron chi connectivity index (χ0n) is 14.3. The summed E-state index contributed by atoms with van der Waals surface area (Å²) in [5.41, 5.74) is 2.08. The average Bonchev–Trinajstić information content (AvgIpc) is 3.37. The lowest BCUT2D eigenvalue weighted by Gasteiger charge is -2.19. The quantitative estimate of drug-likeness (QED) is 0.847. The Labute approximate surface area is 141 Å². The molecule has 1 aromatic carbocycles. The maximum atomic E-state index is 12.3. The summed E-state index contributed by atoms with van der Waals surface area (Å²) >= 11 is 0. The molecular formula is C18H23N3O3. The molecule has 1 heterocycles. The van der Waals surface area contributed by atoms with Gasteiger partial charge in [0, 0.05) is 18.8 Å². The molecule has 6 heteroatoms. The molecule has 1 N–H and O–H groups in total. The fourth-order valence-electron chi connectivity index (χ4n) is 2.67. The first kappa shape index (κ1) is 16.4. The first-order valence-electron chi connectivity index (χ1n) is 8.13. The monoisotopic (exact) mass is 329 g/mol. The minimum Gasteiger partial charge on any atom is -0.497 e. The smallest absolute Gasteiger partial charge is 0.258 e. The van der Waals surface area contributed by atoms with E-state index in [9.17, 15) is 4.79 Å². The molecule has 0 unspecified atom stereocenters. The van der Waals surface area contributed by atoms with Gasteiger partial charge < -0.3 is 14.8 Å². The normalized spacial score (nSPS) is 15.0. The summed E-state index contributed by atoms with van der Waals surface area (Å²) < 4.78 is 12.4. The number of methoxy groups -OCH3 is 1. The van der Waals surface area contributed by atoms with Crippen LogP contribution in [0.2, 0.25) is 0 Å². The van der Waals surface area contributed by atoms with Gasteiger partial charge in [-0.1, -0.05) is 12.1 Å². The van der Waals surface area contributed by atoms with Gasteiger partial charge in [-0.15, -0.1) is 5.10 Å². The van der Waals surface area contributed by atoms with Gasteiger partial charge in [0.2, 0.25) is 5.88 Å². The lowest BCUT2D eigenvalue weighted by Crippen LogP contribution is -2.33. The highest BCUT2D eigenvalue weighted by molar-refractivity contribution is 5.78. The highest BCUT2D eigenvalue weighted by atomic mass is 16.5. The van der Waals surface area contributed by atoms with Gasteiger partial charge in [-0.2, -0.15) is 0 Å². The van der Waals surface area contributed by atoms with Gasteiger partial charge in [-0.05, 0) is 43.4 Å². The van der Waals surface area contributed by atoms with E-state index in [-0.39, 0.29) is 18.6 Å². The minimum atomic E-state index is -0.133. The molecule has 128 valence electrons. The van der Waals surface area contributed by atoms with Gasteiger partial charge in [0.1, 0.15) is 5.75 Å². The van der Waals surface area contributed by atoms with E-state index >= 15 is 0 Å². The summed E-state index contributed by atoms with van der Waals surface area (Å²) in [7, 11) is 3.49. The number of ether oxygens (including phenoxy) is 2. The maximum absolute atomic E-state index is 12.3. The van der Waals surface area contributed by atoms with E-state index in [0.717, 1.165) is 29.8 Å². The molecule has 2 aromatic rings. The summed E-state index contributed by atoms with van der Waals surface area (Å²) in [5, 5.41) is 7.27. The summed E-state index contributed by atoms with van der Waals surface area (Å²) in [6, 6.07) is 9.69. The zero-order chi connectivity index (χ0) is 17.1. The van der Waals surface area contributed by atoms with Crippen LogP contribution < -0.4 is 14.8 Å². The number of rotatable bonds is 7. The predicted molar refractivity (Wildman–Crippen MR) is 90.0 cm³/mol.